The average Bonchev–Trinajstić information content (AvgIpc) is 3.28. The van der Waals surface area contributed by atoms with Crippen LogP contribution >= 0.6 is 0 Å². The van der Waals surface area contributed by atoms with E-state index in [2.05, 4.69) is 154 Å². The van der Waals surface area contributed by atoms with Gasteiger partial charge in [-0.25, -0.2) is 0 Å². The summed E-state index contributed by atoms with van der Waals surface area (Å²) in [6, 6.07) is 0. The van der Waals surface area contributed by atoms with Crippen molar-refractivity contribution in [3.8, 4) is 0 Å². The van der Waals surface area contributed by atoms with Crippen molar-refractivity contribution in [2.75, 3.05) is 13.2 Å². The van der Waals surface area contributed by atoms with Crippen molar-refractivity contribution >= 4 is 17.9 Å². The Balaban J connectivity index is 4.54. The summed E-state index contributed by atoms with van der Waals surface area (Å²) in [6.45, 7) is 6.18. The van der Waals surface area contributed by atoms with Crippen LogP contribution in [0, 0.1) is 0 Å². The molecule has 6 nitrogen and oxygen atoms in total. The molecule has 0 aromatic rings. The highest BCUT2D eigenvalue weighted by Gasteiger charge is 2.19. The van der Waals surface area contributed by atoms with Gasteiger partial charge in [0.25, 0.3) is 0 Å². The van der Waals surface area contributed by atoms with Crippen molar-refractivity contribution in [3.05, 3.63) is 134 Å². The lowest BCUT2D eigenvalue weighted by atomic mass is 10.1. The molecule has 1 unspecified atom stereocenters. The standard InChI is InChI=1S/C57H88O6/c1-4-7-10-13-16-19-22-25-26-27-28-29-30-33-35-38-41-44-47-50-56(59)62-53-54(63-57(60)51-48-45-42-39-36-32-24-21-18-15-12-9-6-3)52-61-55(58)49-46-43-40-37-34-31-23-20-17-14-11-8-5-2/h7-12,16-21,25-26,28-29,31-36,54H,4-6,13-15,22-24,27,30,37-53H2,1-3H3/b10-7-,11-8-,12-9-,19-16-,20-17-,21-18-,26-25-,29-28-,34-31-,35-33-,36-32-. The van der Waals surface area contributed by atoms with E-state index in [0.29, 0.717) is 19.3 Å². The van der Waals surface area contributed by atoms with Gasteiger partial charge >= 0.3 is 17.9 Å². The van der Waals surface area contributed by atoms with Crippen LogP contribution in [0.15, 0.2) is 134 Å². The zero-order valence-corrected chi connectivity index (χ0v) is 40.0. The first-order valence-corrected chi connectivity index (χ1v) is 24.7. The van der Waals surface area contributed by atoms with Gasteiger partial charge in [0, 0.05) is 19.3 Å². The number of hydrogen-bond acceptors (Lipinski definition) is 6. The number of unbranched alkanes of at least 4 members (excludes halogenated alkanes) is 9. The third-order valence-corrected chi connectivity index (χ3v) is 9.63. The Labute approximate surface area is 385 Å². The predicted octanol–water partition coefficient (Wildman–Crippen LogP) is 16.3. The van der Waals surface area contributed by atoms with Gasteiger partial charge in [0.1, 0.15) is 13.2 Å². The number of carbonyl (C=O) groups excluding carboxylic acids is 3. The van der Waals surface area contributed by atoms with E-state index < -0.39 is 6.10 Å². The molecule has 0 saturated carbocycles. The number of hydrogen-bond donors (Lipinski definition) is 0. The monoisotopic (exact) mass is 869 g/mol. The first-order valence-electron chi connectivity index (χ1n) is 24.7. The first kappa shape index (κ1) is 58.6. The smallest absolute Gasteiger partial charge is 0.306 e. The minimum Gasteiger partial charge on any atom is -0.462 e. The van der Waals surface area contributed by atoms with Crippen molar-refractivity contribution in [2.45, 2.75) is 194 Å². The summed E-state index contributed by atoms with van der Waals surface area (Å²) in [5, 5.41) is 0. The Kier molecular flexibility index (Phi) is 46.7. The van der Waals surface area contributed by atoms with Crippen LogP contribution < -0.4 is 0 Å². The molecule has 352 valence electrons. The molecule has 63 heavy (non-hydrogen) atoms. The van der Waals surface area contributed by atoms with Gasteiger partial charge in [-0.3, -0.25) is 14.4 Å². The predicted molar refractivity (Wildman–Crippen MR) is 269 cm³/mol. The zero-order valence-electron chi connectivity index (χ0n) is 40.0. The maximum atomic E-state index is 12.8. The van der Waals surface area contributed by atoms with Crippen LogP contribution in [-0.2, 0) is 28.6 Å². The molecule has 0 aliphatic carbocycles. The number of allylic oxidation sites excluding steroid dienone is 22. The highest BCUT2D eigenvalue weighted by molar-refractivity contribution is 5.71. The van der Waals surface area contributed by atoms with Crippen molar-refractivity contribution in [1.82, 2.24) is 0 Å². The van der Waals surface area contributed by atoms with Gasteiger partial charge < -0.3 is 14.2 Å². The molecular formula is C57H88O6. The normalized spacial score (nSPS) is 13.3. The molecule has 0 amide bonds. The second-order valence-corrected chi connectivity index (χ2v) is 15.6. The molecule has 0 fully saturated rings. The van der Waals surface area contributed by atoms with E-state index >= 15 is 0 Å². The van der Waals surface area contributed by atoms with E-state index in [1.54, 1.807) is 0 Å². The van der Waals surface area contributed by atoms with Gasteiger partial charge in [-0.15, -0.1) is 0 Å². The molecule has 0 aromatic heterocycles. The van der Waals surface area contributed by atoms with E-state index in [4.69, 9.17) is 14.2 Å². The summed E-state index contributed by atoms with van der Waals surface area (Å²) in [7, 11) is 0. The van der Waals surface area contributed by atoms with Gasteiger partial charge in [-0.05, 0) is 128 Å². The molecule has 0 radical (unpaired) electrons. The molecule has 0 bridgehead atoms. The van der Waals surface area contributed by atoms with E-state index in [0.717, 1.165) is 141 Å². The summed E-state index contributed by atoms with van der Waals surface area (Å²) in [4.78, 5) is 37.9. The lowest BCUT2D eigenvalue weighted by Crippen LogP contribution is -2.30. The van der Waals surface area contributed by atoms with Crippen LogP contribution in [0.5, 0.6) is 0 Å². The van der Waals surface area contributed by atoms with Gasteiger partial charge in [0.05, 0.1) is 0 Å². The number of esters is 3. The summed E-state index contributed by atoms with van der Waals surface area (Å²) >= 11 is 0. The van der Waals surface area contributed by atoms with Crippen molar-refractivity contribution < 1.29 is 28.6 Å². The molecule has 0 saturated heterocycles. The maximum Gasteiger partial charge on any atom is 0.306 e. The second-order valence-electron chi connectivity index (χ2n) is 15.6. The van der Waals surface area contributed by atoms with E-state index in [1.807, 2.05) is 0 Å². The molecule has 0 N–H and O–H groups in total. The molecule has 0 heterocycles. The molecule has 0 rings (SSSR count). The van der Waals surface area contributed by atoms with Gasteiger partial charge in [0.2, 0.25) is 0 Å². The number of carbonyl (C=O) groups is 3. The van der Waals surface area contributed by atoms with Crippen LogP contribution in [0.25, 0.3) is 0 Å². The summed E-state index contributed by atoms with van der Waals surface area (Å²) in [5.41, 5.74) is 0. The Hall–Kier alpha value is -4.45. The molecule has 0 spiro atoms. The highest BCUT2D eigenvalue weighted by Crippen LogP contribution is 2.11. The Morgan fingerprint density at radius 1 is 0.317 bits per heavy atom. The fourth-order valence-corrected chi connectivity index (χ4v) is 6.02. The molecule has 1 atom stereocenters. The van der Waals surface area contributed by atoms with Crippen molar-refractivity contribution in [2.24, 2.45) is 0 Å². The minimum absolute atomic E-state index is 0.121. The van der Waals surface area contributed by atoms with Crippen LogP contribution in [-0.4, -0.2) is 37.2 Å². The lowest BCUT2D eigenvalue weighted by Gasteiger charge is -2.18. The third kappa shape index (κ3) is 48.4. The fraction of sp³-hybridized carbons (Fsp3) is 0.561. The first-order chi connectivity index (χ1) is 31.0. The zero-order chi connectivity index (χ0) is 45.8. The van der Waals surface area contributed by atoms with E-state index in [9.17, 15) is 14.4 Å². The largest absolute Gasteiger partial charge is 0.462 e. The van der Waals surface area contributed by atoms with Crippen LogP contribution in [0.3, 0.4) is 0 Å². The summed E-state index contributed by atoms with van der Waals surface area (Å²) < 4.78 is 16.7. The van der Waals surface area contributed by atoms with Crippen molar-refractivity contribution in [3.63, 3.8) is 0 Å². The molecular weight excluding hydrogens is 781 g/mol. The summed E-state index contributed by atoms with van der Waals surface area (Å²) in [5.74, 6) is -1.02. The number of ether oxygens (including phenoxy) is 3. The fourth-order valence-electron chi connectivity index (χ4n) is 6.02. The van der Waals surface area contributed by atoms with E-state index in [1.165, 1.54) is 0 Å². The van der Waals surface area contributed by atoms with Crippen molar-refractivity contribution in [1.29, 1.82) is 0 Å². The average molecular weight is 869 g/mol. The SMILES string of the molecule is CC/C=C\C/C=C\C/C=C\C/C=C\C/C=C\CCCCCC(=O)OCC(COC(=O)CCCCC/C=C\C/C=C\C/C=C\CC)OC(=O)CCCCC/C=C\C/C=C\C/C=C\CC. The van der Waals surface area contributed by atoms with Crippen LogP contribution in [0.4, 0.5) is 0 Å². The molecule has 0 aliphatic rings. The Morgan fingerprint density at radius 3 is 0.857 bits per heavy atom. The Bertz CT molecular complexity index is 1420. The van der Waals surface area contributed by atoms with Gasteiger partial charge in [-0.2, -0.15) is 0 Å². The molecule has 0 aromatic carbocycles. The molecule has 0 aliphatic heterocycles. The second kappa shape index (κ2) is 50.2. The number of rotatable bonds is 42. The van der Waals surface area contributed by atoms with Gasteiger partial charge in [-0.1, -0.05) is 174 Å². The Morgan fingerprint density at radius 2 is 0.571 bits per heavy atom. The topological polar surface area (TPSA) is 78.9 Å². The minimum atomic E-state index is -0.823. The third-order valence-electron chi connectivity index (χ3n) is 9.63. The maximum absolute atomic E-state index is 12.8. The highest BCUT2D eigenvalue weighted by atomic mass is 16.6. The van der Waals surface area contributed by atoms with Gasteiger partial charge in [0.15, 0.2) is 6.10 Å². The van der Waals surface area contributed by atoms with E-state index in [-0.39, 0.29) is 37.5 Å². The summed E-state index contributed by atoms with van der Waals surface area (Å²) in [6.07, 6.45) is 70.1. The van der Waals surface area contributed by atoms with Crippen LogP contribution in [0.1, 0.15) is 188 Å². The molecule has 6 heteroatoms. The quantitative estimate of drug-likeness (QED) is 0.0263. The lowest BCUT2D eigenvalue weighted by molar-refractivity contribution is -0.167. The van der Waals surface area contributed by atoms with Crippen LogP contribution in [0.2, 0.25) is 0 Å².